The summed E-state index contributed by atoms with van der Waals surface area (Å²) >= 11 is 0. The highest BCUT2D eigenvalue weighted by atomic mass is 28.4. The summed E-state index contributed by atoms with van der Waals surface area (Å²) in [5, 5.41) is 12.2. The Bertz CT molecular complexity index is 554. The van der Waals surface area contributed by atoms with Gasteiger partial charge in [-0.05, 0) is 37.9 Å². The summed E-state index contributed by atoms with van der Waals surface area (Å²) in [6.07, 6.45) is -1.92. The summed E-state index contributed by atoms with van der Waals surface area (Å²) in [6, 6.07) is -1.10. The molecule has 1 saturated carbocycles. The highest BCUT2D eigenvalue weighted by Gasteiger charge is 2.49. The lowest BCUT2D eigenvalue weighted by Crippen LogP contribution is -2.59. The van der Waals surface area contributed by atoms with Crippen molar-refractivity contribution in [3.05, 3.63) is 0 Å². The number of alkyl halides is 2. The molecule has 158 valence electrons. The lowest BCUT2D eigenvalue weighted by Gasteiger charge is -2.41. The van der Waals surface area contributed by atoms with Gasteiger partial charge in [-0.25, -0.2) is 8.78 Å². The number of halogens is 2. The Labute approximate surface area is 161 Å². The molecule has 2 atom stereocenters. The molecule has 0 heterocycles. The van der Waals surface area contributed by atoms with Gasteiger partial charge < -0.3 is 20.6 Å². The zero-order valence-electron chi connectivity index (χ0n) is 17.2. The molecule has 1 rings (SSSR count). The van der Waals surface area contributed by atoms with Crippen molar-refractivity contribution in [2.45, 2.75) is 89.6 Å². The fourth-order valence-electron chi connectivity index (χ4n) is 2.97. The quantitative estimate of drug-likeness (QED) is 0.564. The number of carbonyl (C=O) groups is 2. The average molecular weight is 409 g/mol. The molecule has 1 aliphatic carbocycles. The van der Waals surface area contributed by atoms with Crippen molar-refractivity contribution in [1.29, 1.82) is 0 Å². The average Bonchev–Trinajstić information content (AvgIpc) is 2.51. The molecule has 0 bridgehead atoms. The van der Waals surface area contributed by atoms with E-state index in [1.807, 2.05) is 33.9 Å². The second-order valence-corrected chi connectivity index (χ2v) is 14.0. The van der Waals surface area contributed by atoms with Crippen molar-refractivity contribution < 1.29 is 27.9 Å². The number of nitrogens with two attached hydrogens (primary N) is 1. The zero-order chi connectivity index (χ0) is 21.3. The van der Waals surface area contributed by atoms with Crippen LogP contribution < -0.4 is 11.1 Å². The number of aliphatic hydroxyl groups excluding tert-OH is 1. The Balaban J connectivity index is 2.93. The molecule has 0 aliphatic heterocycles. The molecule has 0 aromatic rings. The highest BCUT2D eigenvalue weighted by molar-refractivity contribution is 6.74. The van der Waals surface area contributed by atoms with Crippen LogP contribution >= 0.6 is 0 Å². The van der Waals surface area contributed by atoms with E-state index in [1.54, 1.807) is 6.92 Å². The molecule has 2 amide bonds. The molecule has 0 spiro atoms. The van der Waals surface area contributed by atoms with Crippen LogP contribution in [0.2, 0.25) is 18.1 Å². The summed E-state index contributed by atoms with van der Waals surface area (Å²) in [6.45, 7) is 11.3. The number of rotatable bonds is 7. The first-order valence-corrected chi connectivity index (χ1v) is 12.2. The van der Waals surface area contributed by atoms with E-state index in [-0.39, 0.29) is 17.9 Å². The maximum atomic E-state index is 13.5. The van der Waals surface area contributed by atoms with E-state index in [9.17, 15) is 23.5 Å². The first-order valence-electron chi connectivity index (χ1n) is 9.34. The number of amides is 2. The number of aliphatic hydroxyl groups is 1. The van der Waals surface area contributed by atoms with Crippen LogP contribution in [0.1, 0.15) is 53.4 Å². The number of hydrogen-bond donors (Lipinski definition) is 3. The third-order valence-corrected chi connectivity index (χ3v) is 10.6. The topological polar surface area (TPSA) is 102 Å². The Kier molecular flexibility index (Phi) is 7.21. The molecule has 2 unspecified atom stereocenters. The van der Waals surface area contributed by atoms with Crippen LogP contribution in [-0.4, -0.2) is 49.9 Å². The molecule has 9 heteroatoms. The number of nitrogens with one attached hydrogen (secondary N) is 1. The number of hydrogen-bond acceptors (Lipinski definition) is 4. The third-order valence-electron chi connectivity index (χ3n) is 6.07. The van der Waals surface area contributed by atoms with Gasteiger partial charge in [0.25, 0.3) is 0 Å². The van der Waals surface area contributed by atoms with E-state index in [2.05, 4.69) is 5.32 Å². The molecule has 1 fully saturated rings. The maximum absolute atomic E-state index is 13.5. The summed E-state index contributed by atoms with van der Waals surface area (Å²) in [5.74, 6) is -4.22. The molecule has 6 nitrogen and oxygen atoms in total. The van der Waals surface area contributed by atoms with Gasteiger partial charge in [0, 0.05) is 12.8 Å². The van der Waals surface area contributed by atoms with Gasteiger partial charge >= 0.3 is 0 Å². The van der Waals surface area contributed by atoms with E-state index in [1.165, 1.54) is 0 Å². The second kappa shape index (κ2) is 8.12. The van der Waals surface area contributed by atoms with Crippen LogP contribution in [0.4, 0.5) is 8.78 Å². The van der Waals surface area contributed by atoms with Crippen LogP contribution in [0.25, 0.3) is 0 Å². The first-order chi connectivity index (χ1) is 12.1. The fourth-order valence-corrected chi connectivity index (χ4v) is 4.39. The van der Waals surface area contributed by atoms with Crippen molar-refractivity contribution in [3.8, 4) is 0 Å². The van der Waals surface area contributed by atoms with Gasteiger partial charge in [-0.15, -0.1) is 0 Å². The van der Waals surface area contributed by atoms with Crippen molar-refractivity contribution in [1.82, 2.24) is 5.32 Å². The van der Waals surface area contributed by atoms with Crippen LogP contribution in [0.5, 0.6) is 0 Å². The second-order valence-electron chi connectivity index (χ2n) is 9.23. The molecular formula is C18H34F2N2O4Si. The van der Waals surface area contributed by atoms with E-state index in [4.69, 9.17) is 10.2 Å². The molecule has 27 heavy (non-hydrogen) atoms. The van der Waals surface area contributed by atoms with Crippen LogP contribution in [0, 0.1) is 5.41 Å². The monoisotopic (exact) mass is 408 g/mol. The van der Waals surface area contributed by atoms with Gasteiger partial charge in [-0.1, -0.05) is 20.8 Å². The molecule has 0 aromatic carbocycles. The molecular weight excluding hydrogens is 374 g/mol. The SMILES string of the molecule is CC(O[Si](C)(C)C(C)(C)C)C(NC(=O)C1(CO)CCC(F)(F)CC1)C(N)=O. The Hall–Kier alpha value is -1.06. The van der Waals surface area contributed by atoms with Crippen LogP contribution in [-0.2, 0) is 14.0 Å². The molecule has 4 N–H and O–H groups in total. The molecule has 0 radical (unpaired) electrons. The lowest BCUT2D eigenvalue weighted by atomic mass is 9.72. The van der Waals surface area contributed by atoms with Crippen molar-refractivity contribution in [2.75, 3.05) is 6.61 Å². The zero-order valence-corrected chi connectivity index (χ0v) is 18.2. The predicted octanol–water partition coefficient (Wildman–Crippen LogP) is 2.55. The minimum atomic E-state index is -2.83. The molecule has 1 aliphatic rings. The first kappa shape index (κ1) is 24.0. The lowest BCUT2D eigenvalue weighted by molar-refractivity contribution is -0.146. The summed E-state index contributed by atoms with van der Waals surface area (Å²) < 4.78 is 33.1. The largest absolute Gasteiger partial charge is 0.412 e. The summed E-state index contributed by atoms with van der Waals surface area (Å²) in [4.78, 5) is 24.7. The smallest absolute Gasteiger partial charge is 0.248 e. The Morgan fingerprint density at radius 2 is 1.70 bits per heavy atom. The van der Waals surface area contributed by atoms with Crippen molar-refractivity contribution >= 4 is 20.1 Å². The normalized spacial score (nSPS) is 22.0. The van der Waals surface area contributed by atoms with E-state index >= 15 is 0 Å². The van der Waals surface area contributed by atoms with Crippen LogP contribution in [0.3, 0.4) is 0 Å². The fraction of sp³-hybridized carbons (Fsp3) is 0.889. The van der Waals surface area contributed by atoms with Gasteiger partial charge in [0.2, 0.25) is 17.7 Å². The minimum Gasteiger partial charge on any atom is -0.412 e. The Morgan fingerprint density at radius 3 is 2.07 bits per heavy atom. The third kappa shape index (κ3) is 5.71. The highest BCUT2D eigenvalue weighted by Crippen LogP contribution is 2.43. The van der Waals surface area contributed by atoms with E-state index < -0.39 is 63.1 Å². The summed E-state index contributed by atoms with van der Waals surface area (Å²) in [5.41, 5.74) is 4.14. The predicted molar refractivity (Wildman–Crippen MR) is 102 cm³/mol. The van der Waals surface area contributed by atoms with Crippen LogP contribution in [0.15, 0.2) is 0 Å². The van der Waals surface area contributed by atoms with E-state index in [0.717, 1.165) is 0 Å². The molecule has 0 aromatic heterocycles. The standard InChI is InChI=1S/C18H34F2N2O4Si/c1-12(26-27(5,6)16(2,3)4)13(14(21)24)22-15(25)17(11-23)7-9-18(19,20)10-8-17/h12-13,23H,7-11H2,1-6H3,(H2,21,24)(H,22,25). The summed E-state index contributed by atoms with van der Waals surface area (Å²) in [7, 11) is -2.22. The van der Waals surface area contributed by atoms with Gasteiger partial charge in [0.05, 0.1) is 18.1 Å². The van der Waals surface area contributed by atoms with Crippen molar-refractivity contribution in [2.24, 2.45) is 11.1 Å². The number of primary amides is 1. The van der Waals surface area contributed by atoms with E-state index in [0.29, 0.717) is 0 Å². The maximum Gasteiger partial charge on any atom is 0.248 e. The Morgan fingerprint density at radius 1 is 1.22 bits per heavy atom. The van der Waals surface area contributed by atoms with Gasteiger partial charge in [0.15, 0.2) is 8.32 Å². The van der Waals surface area contributed by atoms with Gasteiger partial charge in [-0.2, -0.15) is 0 Å². The molecule has 0 saturated heterocycles. The van der Waals surface area contributed by atoms with Crippen molar-refractivity contribution in [3.63, 3.8) is 0 Å². The van der Waals surface area contributed by atoms with Gasteiger partial charge in [0.1, 0.15) is 6.04 Å². The minimum absolute atomic E-state index is 0.102. The number of carbonyl (C=O) groups excluding carboxylic acids is 2. The van der Waals surface area contributed by atoms with Gasteiger partial charge in [-0.3, -0.25) is 9.59 Å².